The van der Waals surface area contributed by atoms with Crippen molar-refractivity contribution in [3.05, 3.63) is 71.3 Å². The summed E-state index contributed by atoms with van der Waals surface area (Å²) in [7, 11) is 0. The van der Waals surface area contributed by atoms with Crippen molar-refractivity contribution in [3.8, 4) is 0 Å². The molecule has 0 aliphatic heterocycles. The Bertz CT molecular complexity index is 559. The summed E-state index contributed by atoms with van der Waals surface area (Å²) in [4.78, 5) is 0. The van der Waals surface area contributed by atoms with Gasteiger partial charge >= 0.3 is 0 Å². The summed E-state index contributed by atoms with van der Waals surface area (Å²) in [5.41, 5.74) is 5.50. The van der Waals surface area contributed by atoms with E-state index in [1.807, 2.05) is 6.07 Å². The van der Waals surface area contributed by atoms with Crippen LogP contribution in [0.1, 0.15) is 11.1 Å². The van der Waals surface area contributed by atoms with E-state index in [9.17, 15) is 13.9 Å². The average molecular weight is 263 g/mol. The highest BCUT2D eigenvalue weighted by Gasteiger charge is 2.28. The van der Waals surface area contributed by atoms with E-state index in [-0.39, 0.29) is 13.0 Å². The summed E-state index contributed by atoms with van der Waals surface area (Å²) in [6.07, 6.45) is 0.130. The van der Waals surface area contributed by atoms with Crippen LogP contribution in [0.5, 0.6) is 0 Å². The summed E-state index contributed by atoms with van der Waals surface area (Å²) in [6.45, 7) is -0.00396. The molecule has 0 aliphatic carbocycles. The molecule has 0 spiro atoms. The Hall–Kier alpha value is -1.78. The van der Waals surface area contributed by atoms with Gasteiger partial charge in [-0.05, 0) is 23.3 Å². The van der Waals surface area contributed by atoms with Gasteiger partial charge < -0.3 is 10.8 Å². The molecule has 3 N–H and O–H groups in total. The zero-order valence-electron chi connectivity index (χ0n) is 10.3. The molecule has 1 atom stereocenters. The molecule has 0 bridgehead atoms. The van der Waals surface area contributed by atoms with Crippen molar-refractivity contribution in [1.82, 2.24) is 0 Å². The third-order valence-corrected chi connectivity index (χ3v) is 3.13. The molecule has 19 heavy (non-hydrogen) atoms. The molecule has 0 radical (unpaired) electrons. The lowest BCUT2D eigenvalue weighted by Crippen LogP contribution is -2.37. The quantitative estimate of drug-likeness (QED) is 0.889. The standard InChI is InChI=1S/C15H15F2NO/c16-13-7-6-11(8-14(13)17)9-15(19,10-18)12-4-2-1-3-5-12/h1-8,19H,9-10,18H2. The Labute approximate surface area is 110 Å². The number of hydrogen-bond acceptors (Lipinski definition) is 2. The Morgan fingerprint density at radius 2 is 1.68 bits per heavy atom. The molecule has 0 fully saturated rings. The topological polar surface area (TPSA) is 46.2 Å². The number of hydrogen-bond donors (Lipinski definition) is 2. The van der Waals surface area contributed by atoms with E-state index >= 15 is 0 Å². The minimum absolute atomic E-state index is 0.00396. The lowest BCUT2D eigenvalue weighted by molar-refractivity contribution is 0.0462. The maximum Gasteiger partial charge on any atom is 0.159 e. The molecule has 0 saturated carbocycles. The second-order valence-electron chi connectivity index (χ2n) is 4.53. The van der Waals surface area contributed by atoms with Crippen LogP contribution < -0.4 is 5.73 Å². The van der Waals surface area contributed by atoms with Gasteiger partial charge in [-0.1, -0.05) is 36.4 Å². The Morgan fingerprint density at radius 3 is 2.26 bits per heavy atom. The first kappa shape index (κ1) is 13.6. The van der Waals surface area contributed by atoms with Gasteiger partial charge in [-0.2, -0.15) is 0 Å². The van der Waals surface area contributed by atoms with Crippen LogP contribution in [0.4, 0.5) is 8.78 Å². The summed E-state index contributed by atoms with van der Waals surface area (Å²) in [5.74, 6) is -1.83. The molecule has 2 rings (SSSR count). The molecule has 0 amide bonds. The molecule has 0 aliphatic rings. The lowest BCUT2D eigenvalue weighted by Gasteiger charge is -2.27. The normalized spacial score (nSPS) is 14.1. The first-order chi connectivity index (χ1) is 9.05. The van der Waals surface area contributed by atoms with Gasteiger partial charge in [0.1, 0.15) is 5.60 Å². The molecule has 100 valence electrons. The molecule has 4 heteroatoms. The van der Waals surface area contributed by atoms with Crippen LogP contribution in [-0.4, -0.2) is 11.7 Å². The van der Waals surface area contributed by atoms with Gasteiger partial charge in [0.2, 0.25) is 0 Å². The van der Waals surface area contributed by atoms with Gasteiger partial charge in [0, 0.05) is 13.0 Å². The fraction of sp³-hybridized carbons (Fsp3) is 0.200. The number of benzene rings is 2. The summed E-state index contributed by atoms with van der Waals surface area (Å²) in [5, 5.41) is 10.6. The van der Waals surface area contributed by atoms with Crippen molar-refractivity contribution in [3.63, 3.8) is 0 Å². The van der Waals surface area contributed by atoms with Crippen molar-refractivity contribution in [2.45, 2.75) is 12.0 Å². The maximum atomic E-state index is 13.2. The second kappa shape index (κ2) is 5.47. The third kappa shape index (κ3) is 2.97. The predicted octanol–water partition coefficient (Wildman–Crippen LogP) is 2.35. The number of halogens is 2. The van der Waals surface area contributed by atoms with Crippen LogP contribution in [0.3, 0.4) is 0 Å². The summed E-state index contributed by atoms with van der Waals surface area (Å²) < 4.78 is 26.0. The minimum atomic E-state index is -1.29. The van der Waals surface area contributed by atoms with E-state index in [0.717, 1.165) is 12.1 Å². The van der Waals surface area contributed by atoms with Crippen LogP contribution in [0.2, 0.25) is 0 Å². The van der Waals surface area contributed by atoms with E-state index in [2.05, 4.69) is 0 Å². The van der Waals surface area contributed by atoms with Gasteiger partial charge in [0.25, 0.3) is 0 Å². The van der Waals surface area contributed by atoms with Gasteiger partial charge in [-0.25, -0.2) is 8.78 Å². The smallest absolute Gasteiger partial charge is 0.159 e. The Balaban J connectivity index is 2.30. The van der Waals surface area contributed by atoms with Crippen LogP contribution in [0, 0.1) is 11.6 Å². The summed E-state index contributed by atoms with van der Waals surface area (Å²) in [6, 6.07) is 12.5. The molecular weight excluding hydrogens is 248 g/mol. The van der Waals surface area contributed by atoms with Gasteiger partial charge in [0.05, 0.1) is 0 Å². The molecule has 1 unspecified atom stereocenters. The molecule has 0 saturated heterocycles. The van der Waals surface area contributed by atoms with Gasteiger partial charge in [0.15, 0.2) is 11.6 Å². The van der Waals surface area contributed by atoms with Crippen LogP contribution in [-0.2, 0) is 12.0 Å². The van der Waals surface area contributed by atoms with Gasteiger partial charge in [-0.15, -0.1) is 0 Å². The molecule has 2 nitrogen and oxygen atoms in total. The lowest BCUT2D eigenvalue weighted by atomic mass is 9.87. The Kier molecular flexibility index (Phi) is 3.93. The number of aliphatic hydroxyl groups is 1. The Morgan fingerprint density at radius 1 is 1.00 bits per heavy atom. The first-order valence-corrected chi connectivity index (χ1v) is 5.97. The minimum Gasteiger partial charge on any atom is -0.383 e. The fourth-order valence-electron chi connectivity index (χ4n) is 2.03. The highest BCUT2D eigenvalue weighted by atomic mass is 19.2. The number of nitrogens with two attached hydrogens (primary N) is 1. The third-order valence-electron chi connectivity index (χ3n) is 3.13. The van der Waals surface area contributed by atoms with Gasteiger partial charge in [-0.3, -0.25) is 0 Å². The average Bonchev–Trinajstić information content (AvgIpc) is 2.44. The van der Waals surface area contributed by atoms with E-state index in [4.69, 9.17) is 5.73 Å². The monoisotopic (exact) mass is 263 g/mol. The van der Waals surface area contributed by atoms with E-state index < -0.39 is 17.2 Å². The zero-order valence-corrected chi connectivity index (χ0v) is 10.3. The van der Waals surface area contributed by atoms with E-state index in [1.54, 1.807) is 24.3 Å². The van der Waals surface area contributed by atoms with Crippen molar-refractivity contribution < 1.29 is 13.9 Å². The fourth-order valence-corrected chi connectivity index (χ4v) is 2.03. The van der Waals surface area contributed by atoms with Crippen LogP contribution in [0.15, 0.2) is 48.5 Å². The SMILES string of the molecule is NCC(O)(Cc1ccc(F)c(F)c1)c1ccccc1. The van der Waals surface area contributed by atoms with Crippen molar-refractivity contribution >= 4 is 0 Å². The summed E-state index contributed by atoms with van der Waals surface area (Å²) >= 11 is 0. The largest absolute Gasteiger partial charge is 0.383 e. The van der Waals surface area contributed by atoms with Crippen LogP contribution >= 0.6 is 0 Å². The van der Waals surface area contributed by atoms with E-state index in [1.165, 1.54) is 6.07 Å². The van der Waals surface area contributed by atoms with Crippen molar-refractivity contribution in [2.24, 2.45) is 5.73 Å². The first-order valence-electron chi connectivity index (χ1n) is 5.97. The van der Waals surface area contributed by atoms with Crippen molar-refractivity contribution in [2.75, 3.05) is 6.54 Å². The molecule has 2 aromatic carbocycles. The highest BCUT2D eigenvalue weighted by molar-refractivity contribution is 5.27. The zero-order chi connectivity index (χ0) is 13.9. The van der Waals surface area contributed by atoms with Crippen LogP contribution in [0.25, 0.3) is 0 Å². The molecule has 2 aromatic rings. The van der Waals surface area contributed by atoms with E-state index in [0.29, 0.717) is 11.1 Å². The molecule has 0 aromatic heterocycles. The van der Waals surface area contributed by atoms with Crippen molar-refractivity contribution in [1.29, 1.82) is 0 Å². The number of rotatable bonds is 4. The maximum absolute atomic E-state index is 13.2. The molecular formula is C15H15F2NO. The second-order valence-corrected chi connectivity index (χ2v) is 4.53. The highest BCUT2D eigenvalue weighted by Crippen LogP contribution is 2.25. The molecule has 0 heterocycles. The predicted molar refractivity (Wildman–Crippen MR) is 69.5 cm³/mol.